The third kappa shape index (κ3) is 5.77. The second-order valence-corrected chi connectivity index (χ2v) is 7.51. The summed E-state index contributed by atoms with van der Waals surface area (Å²) in [5.74, 6) is 2.20. The Hall–Kier alpha value is -0.910. The highest BCUT2D eigenvalue weighted by molar-refractivity contribution is 7.99. The number of nitrogens with one attached hydrogen (secondary N) is 1. The number of carbonyl (C=O) groups is 2. The topological polar surface area (TPSA) is 69.6 Å². The second-order valence-electron chi connectivity index (χ2n) is 6.36. The van der Waals surface area contributed by atoms with E-state index >= 15 is 0 Å². The van der Waals surface area contributed by atoms with Gasteiger partial charge < -0.3 is 15.3 Å². The first-order valence-electron chi connectivity index (χ1n) is 7.67. The molecule has 1 aliphatic heterocycles. The van der Waals surface area contributed by atoms with Crippen LogP contribution in [0.5, 0.6) is 0 Å². The van der Waals surface area contributed by atoms with Crippen molar-refractivity contribution in [2.24, 2.45) is 17.8 Å². The molecule has 2 amide bonds. The molecule has 0 aromatic rings. The summed E-state index contributed by atoms with van der Waals surface area (Å²) in [7, 11) is 0. The zero-order valence-corrected chi connectivity index (χ0v) is 14.3. The zero-order valence-electron chi connectivity index (χ0n) is 13.5. The summed E-state index contributed by atoms with van der Waals surface area (Å²) in [6.45, 7) is 9.95. The number of hydrogen-bond acceptors (Lipinski definition) is 3. The first kappa shape index (κ1) is 18.1. The maximum atomic E-state index is 12.4. The van der Waals surface area contributed by atoms with Gasteiger partial charge in [0, 0.05) is 24.6 Å². The van der Waals surface area contributed by atoms with E-state index in [9.17, 15) is 9.59 Å². The molecule has 0 aliphatic carbocycles. The highest BCUT2D eigenvalue weighted by Crippen LogP contribution is 2.21. The van der Waals surface area contributed by atoms with Crippen LogP contribution in [0, 0.1) is 17.8 Å². The van der Waals surface area contributed by atoms with Gasteiger partial charge in [-0.25, -0.2) is 4.79 Å². The molecule has 122 valence electrons. The number of carbonyl (C=O) groups excluding carboxylic acids is 1. The number of rotatable bonds is 6. The molecule has 1 aliphatic rings. The molecule has 5 nitrogen and oxygen atoms in total. The highest BCUT2D eigenvalue weighted by atomic mass is 32.2. The maximum absolute atomic E-state index is 12.4. The van der Waals surface area contributed by atoms with Crippen LogP contribution in [-0.4, -0.2) is 52.6 Å². The number of nitrogens with zero attached hydrogens (tertiary/aromatic N) is 1. The first-order chi connectivity index (χ1) is 9.82. The van der Waals surface area contributed by atoms with E-state index in [-0.39, 0.29) is 18.5 Å². The molecule has 0 saturated carbocycles. The molecule has 1 rings (SSSR count). The Morgan fingerprint density at radius 2 is 1.90 bits per heavy atom. The molecule has 0 aromatic heterocycles. The summed E-state index contributed by atoms with van der Waals surface area (Å²) >= 11 is 1.72. The van der Waals surface area contributed by atoms with Gasteiger partial charge in [-0.2, -0.15) is 11.8 Å². The molecule has 21 heavy (non-hydrogen) atoms. The maximum Gasteiger partial charge on any atom is 0.317 e. The Morgan fingerprint density at radius 3 is 2.43 bits per heavy atom. The largest absolute Gasteiger partial charge is 0.481 e. The van der Waals surface area contributed by atoms with E-state index in [4.69, 9.17) is 5.11 Å². The second kappa shape index (κ2) is 8.51. The Bertz CT molecular complexity index is 353. The van der Waals surface area contributed by atoms with E-state index in [0.29, 0.717) is 36.6 Å². The van der Waals surface area contributed by atoms with Crippen molar-refractivity contribution in [1.82, 2.24) is 10.2 Å². The molecule has 0 bridgehead atoms. The van der Waals surface area contributed by atoms with Crippen LogP contribution >= 0.6 is 11.8 Å². The predicted octanol–water partition coefficient (Wildman–Crippen LogP) is 2.52. The molecule has 0 aromatic carbocycles. The Labute approximate surface area is 131 Å². The normalized spacial score (nSPS) is 19.4. The van der Waals surface area contributed by atoms with Crippen molar-refractivity contribution in [3.05, 3.63) is 0 Å². The van der Waals surface area contributed by atoms with Gasteiger partial charge in [-0.05, 0) is 17.8 Å². The molecule has 1 saturated heterocycles. The average molecular weight is 316 g/mol. The van der Waals surface area contributed by atoms with Crippen molar-refractivity contribution < 1.29 is 14.7 Å². The van der Waals surface area contributed by atoms with Gasteiger partial charge >= 0.3 is 12.0 Å². The number of carboxylic acids is 1. The van der Waals surface area contributed by atoms with Crippen molar-refractivity contribution >= 4 is 23.8 Å². The summed E-state index contributed by atoms with van der Waals surface area (Å²) in [4.78, 5) is 25.0. The molecule has 0 radical (unpaired) electrons. The average Bonchev–Trinajstić information content (AvgIpc) is 2.37. The Kier molecular flexibility index (Phi) is 7.35. The lowest BCUT2D eigenvalue weighted by Crippen LogP contribution is -2.52. The van der Waals surface area contributed by atoms with E-state index in [2.05, 4.69) is 33.0 Å². The predicted molar refractivity (Wildman–Crippen MR) is 86.6 cm³/mol. The quantitative estimate of drug-likeness (QED) is 0.790. The van der Waals surface area contributed by atoms with Crippen molar-refractivity contribution in [2.45, 2.75) is 40.2 Å². The van der Waals surface area contributed by atoms with Crippen LogP contribution in [0.15, 0.2) is 0 Å². The molecule has 1 heterocycles. The summed E-state index contributed by atoms with van der Waals surface area (Å²) in [6.07, 6.45) is 0.0260. The van der Waals surface area contributed by atoms with E-state index in [1.54, 1.807) is 16.7 Å². The Balaban J connectivity index is 2.57. The third-order valence-corrected chi connectivity index (χ3v) is 5.19. The van der Waals surface area contributed by atoms with Gasteiger partial charge in [0.2, 0.25) is 0 Å². The number of carboxylic acid groups (broad SMARTS) is 1. The van der Waals surface area contributed by atoms with E-state index in [1.807, 2.05) is 0 Å². The van der Waals surface area contributed by atoms with Gasteiger partial charge in [-0.1, -0.05) is 27.7 Å². The molecule has 0 spiro atoms. The number of aliphatic carboxylic acids is 1. The minimum Gasteiger partial charge on any atom is -0.481 e. The third-order valence-electron chi connectivity index (χ3n) is 4.10. The fourth-order valence-corrected chi connectivity index (χ4v) is 3.90. The number of hydrogen-bond donors (Lipinski definition) is 2. The van der Waals surface area contributed by atoms with Crippen LogP contribution in [0.25, 0.3) is 0 Å². The van der Waals surface area contributed by atoms with Crippen LogP contribution in [0.3, 0.4) is 0 Å². The lowest BCUT2D eigenvalue weighted by Gasteiger charge is -2.35. The summed E-state index contributed by atoms with van der Waals surface area (Å²) in [5, 5.41) is 12.0. The van der Waals surface area contributed by atoms with Crippen LogP contribution in [-0.2, 0) is 4.79 Å². The minimum absolute atomic E-state index is 0.0260. The number of thioether (sulfide) groups is 1. The van der Waals surface area contributed by atoms with Gasteiger partial charge in [0.15, 0.2) is 0 Å². The van der Waals surface area contributed by atoms with Crippen LogP contribution in [0.4, 0.5) is 4.79 Å². The van der Waals surface area contributed by atoms with E-state index in [1.165, 1.54) is 0 Å². The van der Waals surface area contributed by atoms with Crippen LogP contribution in [0.2, 0.25) is 0 Å². The number of urea groups is 1. The highest BCUT2D eigenvalue weighted by Gasteiger charge is 2.29. The first-order valence-corrected chi connectivity index (χ1v) is 8.82. The van der Waals surface area contributed by atoms with Gasteiger partial charge in [0.1, 0.15) is 0 Å². The molecule has 2 N–H and O–H groups in total. The Morgan fingerprint density at radius 1 is 1.29 bits per heavy atom. The van der Waals surface area contributed by atoms with Crippen molar-refractivity contribution in [3.8, 4) is 0 Å². The summed E-state index contributed by atoms with van der Waals surface area (Å²) < 4.78 is 0. The molecule has 1 unspecified atom stereocenters. The van der Waals surface area contributed by atoms with Crippen molar-refractivity contribution in [2.75, 3.05) is 24.6 Å². The molecular formula is C15H28N2O3S. The minimum atomic E-state index is -0.845. The van der Waals surface area contributed by atoms with Gasteiger partial charge in [-0.3, -0.25) is 4.79 Å². The molecule has 6 heteroatoms. The lowest BCUT2D eigenvalue weighted by molar-refractivity contribution is -0.137. The monoisotopic (exact) mass is 316 g/mol. The molecule has 1 fully saturated rings. The lowest BCUT2D eigenvalue weighted by atomic mass is 9.85. The molecule has 1 atom stereocenters. The summed E-state index contributed by atoms with van der Waals surface area (Å²) in [6, 6.07) is -0.314. The number of amides is 2. The molecular weight excluding hydrogens is 288 g/mol. The fraction of sp³-hybridized carbons (Fsp3) is 0.867. The smallest absolute Gasteiger partial charge is 0.317 e. The SMILES string of the molecule is CC(C)C(CNC(=O)N1CCSCC1CC(=O)O)C(C)C. The standard InChI is InChI=1S/C15H28N2O3S/c1-10(2)13(11(3)4)8-16-15(20)17-5-6-21-9-12(17)7-14(18)19/h10-13H,5-9H2,1-4H3,(H,16,20)(H,18,19). The van der Waals surface area contributed by atoms with E-state index < -0.39 is 5.97 Å². The van der Waals surface area contributed by atoms with Crippen LogP contribution in [0.1, 0.15) is 34.1 Å². The van der Waals surface area contributed by atoms with Crippen molar-refractivity contribution in [1.29, 1.82) is 0 Å². The zero-order chi connectivity index (χ0) is 16.0. The van der Waals surface area contributed by atoms with E-state index in [0.717, 1.165) is 5.75 Å². The van der Waals surface area contributed by atoms with Gasteiger partial charge in [-0.15, -0.1) is 0 Å². The fourth-order valence-electron chi connectivity index (χ4n) is 2.84. The van der Waals surface area contributed by atoms with Crippen molar-refractivity contribution in [3.63, 3.8) is 0 Å². The van der Waals surface area contributed by atoms with Gasteiger partial charge in [0.25, 0.3) is 0 Å². The van der Waals surface area contributed by atoms with Crippen LogP contribution < -0.4 is 5.32 Å². The van der Waals surface area contributed by atoms with Gasteiger partial charge in [0.05, 0.1) is 12.5 Å². The summed E-state index contributed by atoms with van der Waals surface area (Å²) in [5.41, 5.74) is 0.